The van der Waals surface area contributed by atoms with Gasteiger partial charge >= 0.3 is 5.97 Å². The zero-order chi connectivity index (χ0) is 19.2. The number of rotatable bonds is 8. The number of nitro benzene ring substituents is 1. The summed E-state index contributed by atoms with van der Waals surface area (Å²) in [5.41, 5.74) is 13.9. The molecule has 0 aromatic heterocycles. The number of hydrazine groups is 1. The number of nitrogens with two attached hydrogens (primary N) is 1. The topological polar surface area (TPSA) is 129 Å². The molecule has 1 aliphatic heterocycles. The average Bonchev–Trinajstić information content (AvgIpc) is 3.03. The second-order valence-corrected chi connectivity index (χ2v) is 5.70. The number of nitro groups is 1. The number of benzene rings is 2. The van der Waals surface area contributed by atoms with Gasteiger partial charge in [-0.2, -0.15) is 0 Å². The Kier molecular flexibility index (Phi) is 5.53. The number of nitrogens with zero attached hydrogens (tertiary/aromatic N) is 1. The molecule has 0 aliphatic carbocycles. The van der Waals surface area contributed by atoms with Crippen molar-refractivity contribution in [1.29, 1.82) is 0 Å². The summed E-state index contributed by atoms with van der Waals surface area (Å²) in [6.07, 6.45) is 0. The fourth-order valence-electron chi connectivity index (χ4n) is 2.49. The number of hydrogen-bond donors (Lipinski definition) is 3. The average molecular weight is 370 g/mol. The van der Waals surface area contributed by atoms with Crippen molar-refractivity contribution in [3.8, 4) is 0 Å². The molecule has 140 valence electrons. The lowest BCUT2D eigenvalue weighted by Crippen LogP contribution is -2.26. The van der Waals surface area contributed by atoms with Gasteiger partial charge in [-0.3, -0.25) is 10.1 Å². The third-order valence-electron chi connectivity index (χ3n) is 3.83. The highest BCUT2D eigenvalue weighted by Crippen LogP contribution is 2.27. The maximum absolute atomic E-state index is 12.0. The summed E-state index contributed by atoms with van der Waals surface area (Å²) in [6, 6.07) is 12.9. The van der Waals surface area contributed by atoms with Crippen LogP contribution in [-0.4, -0.2) is 30.7 Å². The highest BCUT2D eigenvalue weighted by atomic mass is 16.6. The van der Waals surface area contributed by atoms with Gasteiger partial charge < -0.3 is 20.6 Å². The first kappa shape index (κ1) is 18.2. The smallest absolute Gasteiger partial charge is 0.342 e. The molecule has 0 saturated heterocycles. The Balaban J connectivity index is 1.51. The Morgan fingerprint density at radius 2 is 1.85 bits per heavy atom. The van der Waals surface area contributed by atoms with Crippen LogP contribution in [0.4, 0.5) is 17.1 Å². The number of hydrogen-bond acceptors (Lipinski definition) is 8. The Bertz CT molecular complexity index is 862. The minimum Gasteiger partial charge on any atom is -0.492 e. The van der Waals surface area contributed by atoms with E-state index in [0.29, 0.717) is 41.4 Å². The van der Waals surface area contributed by atoms with Crippen LogP contribution in [0.5, 0.6) is 0 Å². The van der Waals surface area contributed by atoms with E-state index in [-0.39, 0.29) is 12.3 Å². The van der Waals surface area contributed by atoms with Gasteiger partial charge in [0.25, 0.3) is 5.69 Å². The first-order chi connectivity index (χ1) is 13.0. The van der Waals surface area contributed by atoms with Gasteiger partial charge in [-0.25, -0.2) is 10.2 Å². The van der Waals surface area contributed by atoms with Gasteiger partial charge in [0, 0.05) is 30.1 Å². The van der Waals surface area contributed by atoms with Crippen LogP contribution in [-0.2, 0) is 14.3 Å². The summed E-state index contributed by atoms with van der Waals surface area (Å²) in [5, 5.41) is 10.6. The molecule has 9 nitrogen and oxygen atoms in total. The molecule has 0 amide bonds. The Labute approximate surface area is 154 Å². The molecule has 0 spiro atoms. The molecule has 4 N–H and O–H groups in total. The van der Waals surface area contributed by atoms with Crippen molar-refractivity contribution in [2.45, 2.75) is 0 Å². The van der Waals surface area contributed by atoms with Gasteiger partial charge in [0.05, 0.1) is 4.92 Å². The monoisotopic (exact) mass is 370 g/mol. The van der Waals surface area contributed by atoms with Crippen molar-refractivity contribution in [2.75, 3.05) is 30.9 Å². The van der Waals surface area contributed by atoms with Gasteiger partial charge in [0.2, 0.25) is 0 Å². The van der Waals surface area contributed by atoms with Crippen LogP contribution < -0.4 is 16.6 Å². The van der Waals surface area contributed by atoms with E-state index < -0.39 is 10.9 Å². The lowest BCUT2D eigenvalue weighted by molar-refractivity contribution is -0.384. The van der Waals surface area contributed by atoms with Gasteiger partial charge in [-0.15, -0.1) is 0 Å². The van der Waals surface area contributed by atoms with Crippen molar-refractivity contribution in [3.05, 3.63) is 70.0 Å². The van der Waals surface area contributed by atoms with Crippen molar-refractivity contribution in [3.63, 3.8) is 0 Å². The summed E-state index contributed by atoms with van der Waals surface area (Å²) in [7, 11) is 0. The third kappa shape index (κ3) is 4.53. The highest BCUT2D eigenvalue weighted by molar-refractivity contribution is 6.18. The third-order valence-corrected chi connectivity index (χ3v) is 3.83. The Hall–Kier alpha value is -3.59. The molecule has 1 heterocycles. The summed E-state index contributed by atoms with van der Waals surface area (Å²) in [6.45, 7) is 0.822. The number of nitrogen functional groups attached to an aromatic ring is 1. The number of non-ortho nitro benzene ring substituents is 1. The minimum absolute atomic E-state index is 0.0249. The number of carbonyl (C=O) groups excluding carboxylic acids is 1. The first-order valence-corrected chi connectivity index (χ1v) is 8.17. The predicted molar refractivity (Wildman–Crippen MR) is 99.4 cm³/mol. The van der Waals surface area contributed by atoms with Crippen molar-refractivity contribution < 1.29 is 19.2 Å². The Morgan fingerprint density at radius 3 is 2.52 bits per heavy atom. The second kappa shape index (κ2) is 8.19. The first-order valence-electron chi connectivity index (χ1n) is 8.17. The molecule has 9 heteroatoms. The minimum atomic E-state index is -0.456. The van der Waals surface area contributed by atoms with Crippen LogP contribution in [0.3, 0.4) is 0 Å². The zero-order valence-corrected chi connectivity index (χ0v) is 14.3. The van der Waals surface area contributed by atoms with E-state index in [9.17, 15) is 14.9 Å². The molecule has 27 heavy (non-hydrogen) atoms. The van der Waals surface area contributed by atoms with E-state index in [1.807, 2.05) is 0 Å². The standard InChI is InChI=1S/C18H18N4O5/c19-13-3-1-12(2-4-13)17-16(11-27-18(17)23)26-10-9-20-21-14-5-7-15(8-6-14)22(24)25/h1-8,20-21H,9-11,19H2. The van der Waals surface area contributed by atoms with Crippen molar-refractivity contribution >= 4 is 28.6 Å². The molecule has 0 unspecified atom stereocenters. The van der Waals surface area contributed by atoms with Crippen LogP contribution in [0.25, 0.3) is 5.57 Å². The molecular weight excluding hydrogens is 352 g/mol. The van der Waals surface area contributed by atoms with E-state index >= 15 is 0 Å². The molecule has 0 bridgehead atoms. The quantitative estimate of drug-likeness (QED) is 0.212. The van der Waals surface area contributed by atoms with E-state index in [1.165, 1.54) is 12.1 Å². The largest absolute Gasteiger partial charge is 0.492 e. The molecule has 0 atom stereocenters. The fourth-order valence-corrected chi connectivity index (χ4v) is 2.49. The molecule has 2 aromatic rings. The maximum Gasteiger partial charge on any atom is 0.342 e. The lowest BCUT2D eigenvalue weighted by Gasteiger charge is -2.10. The van der Waals surface area contributed by atoms with Crippen LogP contribution in [0.1, 0.15) is 5.56 Å². The number of ether oxygens (including phenoxy) is 2. The van der Waals surface area contributed by atoms with E-state index in [2.05, 4.69) is 10.9 Å². The Morgan fingerprint density at radius 1 is 1.15 bits per heavy atom. The van der Waals surface area contributed by atoms with Crippen molar-refractivity contribution in [2.24, 2.45) is 0 Å². The van der Waals surface area contributed by atoms with Gasteiger partial charge in [-0.05, 0) is 29.8 Å². The summed E-state index contributed by atoms with van der Waals surface area (Å²) < 4.78 is 10.7. The molecule has 0 radical (unpaired) electrons. The van der Waals surface area contributed by atoms with Crippen molar-refractivity contribution in [1.82, 2.24) is 5.43 Å². The SMILES string of the molecule is Nc1ccc(C2=C(OCCNNc3ccc([N+](=O)[O-])cc3)COC2=O)cc1. The molecular formula is C18H18N4O5. The van der Waals surface area contributed by atoms with Gasteiger partial charge in [-0.1, -0.05) is 12.1 Å². The molecule has 0 fully saturated rings. The second-order valence-electron chi connectivity index (χ2n) is 5.70. The number of nitrogens with one attached hydrogen (secondary N) is 2. The van der Waals surface area contributed by atoms with Gasteiger partial charge in [0.1, 0.15) is 24.5 Å². The van der Waals surface area contributed by atoms with Gasteiger partial charge in [0.15, 0.2) is 0 Å². The van der Waals surface area contributed by atoms with E-state index in [0.717, 1.165) is 0 Å². The number of carbonyl (C=O) groups is 1. The molecule has 1 aliphatic rings. The number of anilines is 2. The van der Waals surface area contributed by atoms with E-state index in [1.54, 1.807) is 36.4 Å². The number of esters is 1. The summed E-state index contributed by atoms with van der Waals surface area (Å²) in [4.78, 5) is 22.1. The highest BCUT2D eigenvalue weighted by Gasteiger charge is 2.27. The van der Waals surface area contributed by atoms with E-state index in [4.69, 9.17) is 15.2 Å². The fraction of sp³-hybridized carbons (Fsp3) is 0.167. The molecule has 3 rings (SSSR count). The van der Waals surface area contributed by atoms with Crippen LogP contribution in [0.15, 0.2) is 54.3 Å². The number of cyclic esters (lactones) is 1. The lowest BCUT2D eigenvalue weighted by atomic mass is 10.1. The molecule has 2 aromatic carbocycles. The predicted octanol–water partition coefficient (Wildman–Crippen LogP) is 2.08. The normalized spacial score (nSPS) is 13.4. The zero-order valence-electron chi connectivity index (χ0n) is 14.3. The van der Waals surface area contributed by atoms with Crippen LogP contribution in [0, 0.1) is 10.1 Å². The van der Waals surface area contributed by atoms with Crippen LogP contribution in [0.2, 0.25) is 0 Å². The summed E-state index contributed by atoms with van der Waals surface area (Å²) >= 11 is 0. The summed E-state index contributed by atoms with van der Waals surface area (Å²) in [5.74, 6) is 0.0497. The maximum atomic E-state index is 12.0. The molecule has 0 saturated carbocycles. The van der Waals surface area contributed by atoms with Crippen LogP contribution >= 0.6 is 0 Å².